The fourth-order valence-corrected chi connectivity index (χ4v) is 2.89. The number of benzene rings is 1. The van der Waals surface area contributed by atoms with Crippen LogP contribution in [0.3, 0.4) is 0 Å². The van der Waals surface area contributed by atoms with Crippen molar-refractivity contribution in [2.45, 2.75) is 12.5 Å². The molecule has 0 aliphatic rings. The molecule has 7 heteroatoms. The molecule has 2 heterocycles. The fraction of sp³-hybridized carbons (Fsp3) is 0.211. The third-order valence-electron chi connectivity index (χ3n) is 4.06. The van der Waals surface area contributed by atoms with Gasteiger partial charge in [-0.15, -0.1) is 0 Å². The second-order valence-corrected chi connectivity index (χ2v) is 6.57. The number of hydrogen-bond acceptors (Lipinski definition) is 3. The van der Waals surface area contributed by atoms with Crippen LogP contribution in [0.2, 0.25) is 5.15 Å². The molecule has 6 nitrogen and oxygen atoms in total. The summed E-state index contributed by atoms with van der Waals surface area (Å²) < 4.78 is 0. The quantitative estimate of drug-likeness (QED) is 0.678. The zero-order valence-electron chi connectivity index (χ0n) is 14.5. The molecule has 2 N–H and O–H groups in total. The number of nitrogens with zero attached hydrogens (tertiary/aromatic N) is 2. The summed E-state index contributed by atoms with van der Waals surface area (Å²) in [5.41, 5.74) is 2.50. The van der Waals surface area contributed by atoms with E-state index in [1.807, 2.05) is 30.3 Å². The zero-order valence-corrected chi connectivity index (χ0v) is 15.2. The number of rotatable bonds is 5. The number of H-pyrrole nitrogens is 1. The van der Waals surface area contributed by atoms with Crippen LogP contribution >= 0.6 is 11.6 Å². The van der Waals surface area contributed by atoms with Crippen LogP contribution in [0.4, 0.5) is 0 Å². The Kier molecular flexibility index (Phi) is 5.23. The molecule has 2 aromatic heterocycles. The molecule has 3 aromatic rings. The van der Waals surface area contributed by atoms with Gasteiger partial charge < -0.3 is 15.2 Å². The van der Waals surface area contributed by atoms with Crippen molar-refractivity contribution in [1.29, 1.82) is 0 Å². The first-order valence-electron chi connectivity index (χ1n) is 8.15. The summed E-state index contributed by atoms with van der Waals surface area (Å²) in [5.74, 6) is -0.546. The standard InChI is InChI=1S/C19H19ClN4O2/c1-24(2)19(26)15(10-12-6-4-3-5-7-12)22-18(25)13-11-21-14-8-9-16(20)23-17(13)14/h3-9,11,15,21H,10H2,1-2H3,(H,22,25). The van der Waals surface area contributed by atoms with E-state index in [0.29, 0.717) is 28.2 Å². The van der Waals surface area contributed by atoms with E-state index in [1.165, 1.54) is 4.90 Å². The van der Waals surface area contributed by atoms with Gasteiger partial charge in [0.15, 0.2) is 0 Å². The Hall–Kier alpha value is -2.86. The second kappa shape index (κ2) is 7.58. The summed E-state index contributed by atoms with van der Waals surface area (Å²) in [6.45, 7) is 0. The van der Waals surface area contributed by atoms with Gasteiger partial charge in [0.05, 0.1) is 11.1 Å². The first kappa shape index (κ1) is 17.9. The fourth-order valence-electron chi connectivity index (χ4n) is 2.75. The smallest absolute Gasteiger partial charge is 0.255 e. The molecular formula is C19H19ClN4O2. The number of likely N-dealkylation sites (N-methyl/N-ethyl adjacent to an activating group) is 1. The van der Waals surface area contributed by atoms with E-state index in [0.717, 1.165) is 5.56 Å². The van der Waals surface area contributed by atoms with Gasteiger partial charge >= 0.3 is 0 Å². The Morgan fingerprint density at radius 3 is 2.62 bits per heavy atom. The van der Waals surface area contributed by atoms with E-state index < -0.39 is 6.04 Å². The lowest BCUT2D eigenvalue weighted by Crippen LogP contribution is -2.47. The summed E-state index contributed by atoms with van der Waals surface area (Å²) in [7, 11) is 3.33. The van der Waals surface area contributed by atoms with Crippen molar-refractivity contribution >= 4 is 34.4 Å². The number of pyridine rings is 1. The number of amides is 2. The molecule has 1 aromatic carbocycles. The highest BCUT2D eigenvalue weighted by Crippen LogP contribution is 2.19. The molecule has 1 atom stereocenters. The molecule has 0 fully saturated rings. The first-order valence-corrected chi connectivity index (χ1v) is 8.53. The number of carbonyl (C=O) groups is 2. The van der Waals surface area contributed by atoms with E-state index in [4.69, 9.17) is 11.6 Å². The van der Waals surface area contributed by atoms with Gasteiger partial charge in [-0.05, 0) is 17.7 Å². The van der Waals surface area contributed by atoms with Crippen molar-refractivity contribution in [3.8, 4) is 0 Å². The second-order valence-electron chi connectivity index (χ2n) is 6.18. The summed E-state index contributed by atoms with van der Waals surface area (Å²) in [4.78, 5) is 34.0. The maximum Gasteiger partial charge on any atom is 0.255 e. The Balaban J connectivity index is 1.86. The Bertz CT molecular complexity index is 937. The number of aromatic nitrogens is 2. The lowest BCUT2D eigenvalue weighted by molar-refractivity contribution is -0.130. The number of halogens is 1. The monoisotopic (exact) mass is 370 g/mol. The maximum atomic E-state index is 12.8. The van der Waals surface area contributed by atoms with Crippen LogP contribution in [0, 0.1) is 0 Å². The van der Waals surface area contributed by atoms with E-state index in [1.54, 1.807) is 32.4 Å². The molecular weight excluding hydrogens is 352 g/mol. The van der Waals surface area contributed by atoms with Crippen molar-refractivity contribution in [3.05, 3.63) is 64.9 Å². The van der Waals surface area contributed by atoms with E-state index in [2.05, 4.69) is 15.3 Å². The molecule has 2 amide bonds. The number of hydrogen-bond donors (Lipinski definition) is 2. The molecule has 0 saturated carbocycles. The van der Waals surface area contributed by atoms with Crippen molar-refractivity contribution in [3.63, 3.8) is 0 Å². The van der Waals surface area contributed by atoms with Crippen molar-refractivity contribution in [2.75, 3.05) is 14.1 Å². The number of carbonyl (C=O) groups excluding carboxylic acids is 2. The minimum Gasteiger partial charge on any atom is -0.359 e. The Morgan fingerprint density at radius 1 is 1.19 bits per heavy atom. The molecule has 134 valence electrons. The molecule has 26 heavy (non-hydrogen) atoms. The predicted molar refractivity (Wildman–Crippen MR) is 101 cm³/mol. The number of fused-ring (bicyclic) bond motifs is 1. The van der Waals surface area contributed by atoms with E-state index in [-0.39, 0.29) is 11.8 Å². The first-order chi connectivity index (χ1) is 12.5. The Morgan fingerprint density at radius 2 is 1.92 bits per heavy atom. The molecule has 3 rings (SSSR count). The van der Waals surface area contributed by atoms with Gasteiger partial charge in [0.1, 0.15) is 16.7 Å². The van der Waals surface area contributed by atoms with Crippen molar-refractivity contribution in [1.82, 2.24) is 20.2 Å². The minimum absolute atomic E-state index is 0.173. The van der Waals surface area contributed by atoms with Gasteiger partial charge in [0.2, 0.25) is 5.91 Å². The van der Waals surface area contributed by atoms with Crippen molar-refractivity contribution < 1.29 is 9.59 Å². The molecule has 0 spiro atoms. The summed E-state index contributed by atoms with van der Waals surface area (Å²) in [6.07, 6.45) is 1.98. The third kappa shape index (κ3) is 3.86. The van der Waals surface area contributed by atoms with Gasteiger partial charge in [-0.25, -0.2) is 4.98 Å². The topological polar surface area (TPSA) is 78.1 Å². The van der Waals surface area contributed by atoms with Crippen molar-refractivity contribution in [2.24, 2.45) is 0 Å². The van der Waals surface area contributed by atoms with Gasteiger partial charge in [-0.3, -0.25) is 9.59 Å². The van der Waals surface area contributed by atoms with Crippen LogP contribution in [0.1, 0.15) is 15.9 Å². The number of aromatic amines is 1. The normalized spacial score (nSPS) is 12.0. The Labute approximate surface area is 156 Å². The van der Waals surface area contributed by atoms with Crippen LogP contribution in [-0.4, -0.2) is 46.8 Å². The van der Waals surface area contributed by atoms with Gasteiger partial charge in [-0.1, -0.05) is 41.9 Å². The lowest BCUT2D eigenvalue weighted by atomic mass is 10.0. The van der Waals surface area contributed by atoms with Crippen LogP contribution in [-0.2, 0) is 11.2 Å². The van der Waals surface area contributed by atoms with E-state index >= 15 is 0 Å². The van der Waals surface area contributed by atoms with Crippen LogP contribution in [0.5, 0.6) is 0 Å². The highest BCUT2D eigenvalue weighted by atomic mass is 35.5. The molecule has 0 saturated heterocycles. The van der Waals surface area contributed by atoms with Crippen LogP contribution in [0.15, 0.2) is 48.7 Å². The molecule has 0 aliphatic heterocycles. The molecule has 0 bridgehead atoms. The summed E-state index contributed by atoms with van der Waals surface area (Å²) in [5, 5.41) is 3.13. The maximum absolute atomic E-state index is 12.8. The van der Waals surface area contributed by atoms with Gasteiger partial charge in [0.25, 0.3) is 5.91 Å². The minimum atomic E-state index is -0.677. The highest BCUT2D eigenvalue weighted by molar-refractivity contribution is 6.30. The lowest BCUT2D eigenvalue weighted by Gasteiger charge is -2.21. The molecule has 0 radical (unpaired) electrons. The average Bonchev–Trinajstić information content (AvgIpc) is 3.04. The van der Waals surface area contributed by atoms with Crippen LogP contribution in [0.25, 0.3) is 11.0 Å². The predicted octanol–water partition coefficient (Wildman–Crippen LogP) is 2.65. The summed E-state index contributed by atoms with van der Waals surface area (Å²) >= 11 is 5.94. The third-order valence-corrected chi connectivity index (χ3v) is 4.27. The van der Waals surface area contributed by atoms with Gasteiger partial charge in [-0.2, -0.15) is 0 Å². The van der Waals surface area contributed by atoms with Gasteiger partial charge in [0, 0.05) is 26.7 Å². The molecule has 0 aliphatic carbocycles. The highest BCUT2D eigenvalue weighted by Gasteiger charge is 2.25. The molecule has 1 unspecified atom stereocenters. The largest absolute Gasteiger partial charge is 0.359 e. The zero-order chi connectivity index (χ0) is 18.7. The average molecular weight is 371 g/mol. The number of nitrogens with one attached hydrogen (secondary N) is 2. The van der Waals surface area contributed by atoms with Crippen LogP contribution < -0.4 is 5.32 Å². The summed E-state index contributed by atoms with van der Waals surface area (Å²) in [6, 6.07) is 12.3. The SMILES string of the molecule is CN(C)C(=O)C(Cc1ccccc1)NC(=O)c1c[nH]c2ccc(Cl)nc12. The van der Waals surface area contributed by atoms with E-state index in [9.17, 15) is 9.59 Å².